The highest BCUT2D eigenvalue weighted by atomic mass is 16.6. The Kier molecular flexibility index (Phi) is 3.67. The van der Waals surface area contributed by atoms with Crippen LogP contribution in [-0.2, 0) is 9.53 Å². The molecule has 2 amide bonds. The van der Waals surface area contributed by atoms with Crippen molar-refractivity contribution in [3.63, 3.8) is 0 Å². The SMILES string of the molecule is CC(C(=O)N1CCC2(CC1)CN(C)C(=O)O2)n1cnc(C#N)n1. The zero-order valence-electron chi connectivity index (χ0n) is 13.1. The fourth-order valence-electron chi connectivity index (χ4n) is 3.08. The Morgan fingerprint density at radius 3 is 2.70 bits per heavy atom. The van der Waals surface area contributed by atoms with E-state index in [4.69, 9.17) is 10.00 Å². The van der Waals surface area contributed by atoms with Gasteiger partial charge in [0.25, 0.3) is 5.82 Å². The van der Waals surface area contributed by atoms with Gasteiger partial charge < -0.3 is 14.5 Å². The highest BCUT2D eigenvalue weighted by molar-refractivity contribution is 5.80. The van der Waals surface area contributed by atoms with Gasteiger partial charge in [0.15, 0.2) is 0 Å². The minimum absolute atomic E-state index is 0.0446. The number of likely N-dealkylation sites (tertiary alicyclic amines) is 1. The van der Waals surface area contributed by atoms with Crippen molar-refractivity contribution in [3.05, 3.63) is 12.2 Å². The van der Waals surface area contributed by atoms with E-state index >= 15 is 0 Å². The molecule has 2 aliphatic rings. The number of nitrogens with zero attached hydrogens (tertiary/aromatic N) is 6. The second-order valence-corrected chi connectivity index (χ2v) is 6.07. The van der Waals surface area contributed by atoms with Gasteiger partial charge in [0, 0.05) is 33.0 Å². The van der Waals surface area contributed by atoms with Gasteiger partial charge in [0.2, 0.25) is 5.91 Å². The van der Waals surface area contributed by atoms with Gasteiger partial charge in [-0.25, -0.2) is 14.5 Å². The Hall–Kier alpha value is -2.63. The van der Waals surface area contributed by atoms with Crippen LogP contribution in [0.2, 0.25) is 0 Å². The highest BCUT2D eigenvalue weighted by Gasteiger charge is 2.46. The van der Waals surface area contributed by atoms with Crippen molar-refractivity contribution >= 4 is 12.0 Å². The van der Waals surface area contributed by atoms with Crippen LogP contribution in [0.3, 0.4) is 0 Å². The van der Waals surface area contributed by atoms with Crippen LogP contribution in [0, 0.1) is 11.3 Å². The summed E-state index contributed by atoms with van der Waals surface area (Å²) in [7, 11) is 1.72. The van der Waals surface area contributed by atoms with E-state index in [1.807, 2.05) is 6.07 Å². The number of carbonyl (C=O) groups excluding carboxylic acids is 2. The zero-order chi connectivity index (χ0) is 16.6. The van der Waals surface area contributed by atoms with Crippen LogP contribution >= 0.6 is 0 Å². The third-order valence-corrected chi connectivity index (χ3v) is 4.49. The van der Waals surface area contributed by atoms with Crippen molar-refractivity contribution < 1.29 is 14.3 Å². The number of hydrogen-bond acceptors (Lipinski definition) is 6. The monoisotopic (exact) mass is 318 g/mol. The largest absolute Gasteiger partial charge is 0.441 e. The van der Waals surface area contributed by atoms with Crippen molar-refractivity contribution in [1.29, 1.82) is 5.26 Å². The third-order valence-electron chi connectivity index (χ3n) is 4.49. The molecule has 122 valence electrons. The predicted molar refractivity (Wildman–Crippen MR) is 77.1 cm³/mol. The predicted octanol–water partition coefficient (Wildman–Crippen LogP) is 0.154. The lowest BCUT2D eigenvalue weighted by atomic mass is 9.91. The van der Waals surface area contributed by atoms with Crippen LogP contribution in [0.5, 0.6) is 0 Å². The molecule has 9 nitrogen and oxygen atoms in total. The van der Waals surface area contributed by atoms with E-state index in [0.717, 1.165) is 0 Å². The van der Waals surface area contributed by atoms with Crippen molar-refractivity contribution in [2.75, 3.05) is 26.7 Å². The molecule has 0 radical (unpaired) electrons. The van der Waals surface area contributed by atoms with E-state index in [1.165, 1.54) is 11.0 Å². The van der Waals surface area contributed by atoms with E-state index in [0.29, 0.717) is 32.5 Å². The van der Waals surface area contributed by atoms with Crippen LogP contribution in [0.1, 0.15) is 31.6 Å². The normalized spacial score (nSPS) is 21.2. The van der Waals surface area contributed by atoms with Gasteiger partial charge in [0.1, 0.15) is 24.0 Å². The second-order valence-electron chi connectivity index (χ2n) is 6.07. The molecule has 3 rings (SSSR count). The number of hydrogen-bond donors (Lipinski definition) is 0. The van der Waals surface area contributed by atoms with Crippen molar-refractivity contribution in [2.45, 2.75) is 31.4 Å². The second kappa shape index (κ2) is 5.53. The first kappa shape index (κ1) is 15.3. The first-order valence-electron chi connectivity index (χ1n) is 7.48. The number of amides is 2. The molecule has 1 unspecified atom stereocenters. The smallest absolute Gasteiger partial charge is 0.410 e. The molecule has 1 aromatic heterocycles. The van der Waals surface area contributed by atoms with E-state index in [1.54, 1.807) is 23.8 Å². The Morgan fingerprint density at radius 1 is 1.48 bits per heavy atom. The maximum Gasteiger partial charge on any atom is 0.410 e. The van der Waals surface area contributed by atoms with Gasteiger partial charge >= 0.3 is 6.09 Å². The lowest BCUT2D eigenvalue weighted by Crippen LogP contribution is -2.50. The third kappa shape index (κ3) is 2.72. The summed E-state index contributed by atoms with van der Waals surface area (Å²) < 4.78 is 6.88. The summed E-state index contributed by atoms with van der Waals surface area (Å²) >= 11 is 0. The average Bonchev–Trinajstić information content (AvgIpc) is 3.12. The van der Waals surface area contributed by atoms with Crippen molar-refractivity contribution in [1.82, 2.24) is 24.6 Å². The summed E-state index contributed by atoms with van der Waals surface area (Å²) in [5.41, 5.74) is -0.465. The molecular weight excluding hydrogens is 300 g/mol. The van der Waals surface area contributed by atoms with Gasteiger partial charge in [-0.1, -0.05) is 0 Å². The molecule has 1 atom stereocenters. The van der Waals surface area contributed by atoms with Crippen LogP contribution < -0.4 is 0 Å². The summed E-state index contributed by atoms with van der Waals surface area (Å²) in [5, 5.41) is 12.7. The van der Waals surface area contributed by atoms with Crippen LogP contribution in [0.4, 0.5) is 4.79 Å². The lowest BCUT2D eigenvalue weighted by Gasteiger charge is -2.38. The maximum absolute atomic E-state index is 12.6. The van der Waals surface area contributed by atoms with E-state index < -0.39 is 11.6 Å². The molecule has 9 heteroatoms. The quantitative estimate of drug-likeness (QED) is 0.769. The molecule has 1 aromatic rings. The van der Waals surface area contributed by atoms with Gasteiger partial charge in [0.05, 0.1) is 6.54 Å². The van der Waals surface area contributed by atoms with Gasteiger partial charge in [-0.15, -0.1) is 5.10 Å². The number of piperidine rings is 1. The number of rotatable bonds is 2. The van der Waals surface area contributed by atoms with Crippen LogP contribution in [0.25, 0.3) is 0 Å². The first-order valence-corrected chi connectivity index (χ1v) is 7.48. The Balaban J connectivity index is 1.62. The zero-order valence-corrected chi connectivity index (χ0v) is 13.1. The molecule has 0 aromatic carbocycles. The molecule has 0 N–H and O–H groups in total. The summed E-state index contributed by atoms with van der Waals surface area (Å²) in [6, 6.07) is 1.32. The first-order chi connectivity index (χ1) is 10.9. The summed E-state index contributed by atoms with van der Waals surface area (Å²) in [5.74, 6) is -0.0323. The van der Waals surface area contributed by atoms with Gasteiger partial charge in [-0.05, 0) is 6.92 Å². The molecule has 23 heavy (non-hydrogen) atoms. The molecule has 2 aliphatic heterocycles. The minimum Gasteiger partial charge on any atom is -0.441 e. The van der Waals surface area contributed by atoms with Crippen LogP contribution in [-0.4, -0.2) is 68.8 Å². The molecule has 2 fully saturated rings. The molecule has 0 bridgehead atoms. The lowest BCUT2D eigenvalue weighted by molar-refractivity contribution is -0.138. The molecule has 1 spiro atoms. The Morgan fingerprint density at radius 2 is 2.17 bits per heavy atom. The van der Waals surface area contributed by atoms with Gasteiger partial charge in [-0.2, -0.15) is 5.26 Å². The highest BCUT2D eigenvalue weighted by Crippen LogP contribution is 2.33. The molecule has 2 saturated heterocycles. The van der Waals surface area contributed by atoms with Gasteiger partial charge in [-0.3, -0.25) is 4.79 Å². The summed E-state index contributed by atoms with van der Waals surface area (Å²) in [6.07, 6.45) is 2.34. The fourth-order valence-corrected chi connectivity index (χ4v) is 3.08. The fraction of sp³-hybridized carbons (Fsp3) is 0.643. The van der Waals surface area contributed by atoms with E-state index in [-0.39, 0.29) is 17.8 Å². The average molecular weight is 318 g/mol. The number of nitriles is 1. The molecule has 0 saturated carbocycles. The molecular formula is C14H18N6O3. The van der Waals surface area contributed by atoms with Crippen LogP contribution in [0.15, 0.2) is 6.33 Å². The minimum atomic E-state index is -0.521. The van der Waals surface area contributed by atoms with E-state index in [9.17, 15) is 9.59 Å². The Bertz CT molecular complexity index is 670. The Labute approximate surface area is 133 Å². The summed E-state index contributed by atoms with van der Waals surface area (Å²) in [4.78, 5) is 31.3. The van der Waals surface area contributed by atoms with Crippen molar-refractivity contribution in [3.8, 4) is 6.07 Å². The van der Waals surface area contributed by atoms with Crippen molar-refractivity contribution in [2.24, 2.45) is 0 Å². The topological polar surface area (TPSA) is 104 Å². The number of likely N-dealkylation sites (N-methyl/N-ethyl adjacent to an activating group) is 1. The number of ether oxygens (including phenoxy) is 1. The maximum atomic E-state index is 12.6. The standard InChI is InChI=1S/C14H18N6O3/c1-10(20-9-16-11(7-15)17-20)12(21)19-5-3-14(4-6-19)8-18(2)13(22)23-14/h9-10H,3-6,8H2,1-2H3. The molecule has 0 aliphatic carbocycles. The molecule has 3 heterocycles. The number of carbonyl (C=O) groups is 2. The number of aromatic nitrogens is 3. The van der Waals surface area contributed by atoms with E-state index in [2.05, 4.69) is 10.1 Å². The summed E-state index contributed by atoms with van der Waals surface area (Å²) in [6.45, 7) is 3.36.